The number of rotatable bonds is 8. The van der Waals surface area contributed by atoms with E-state index in [0.717, 1.165) is 26.2 Å². The van der Waals surface area contributed by atoms with Crippen molar-refractivity contribution in [2.24, 2.45) is 0 Å². The third-order valence-electron chi connectivity index (χ3n) is 2.85. The van der Waals surface area contributed by atoms with Gasteiger partial charge in [0, 0.05) is 26.7 Å². The first-order chi connectivity index (χ1) is 8.27. The highest BCUT2D eigenvalue weighted by atomic mass is 16.5. The van der Waals surface area contributed by atoms with Crippen LogP contribution in [0.4, 0.5) is 0 Å². The van der Waals surface area contributed by atoms with Crippen molar-refractivity contribution < 1.29 is 4.74 Å². The first-order valence-electron chi connectivity index (χ1n) is 6.25. The summed E-state index contributed by atoms with van der Waals surface area (Å²) in [6.07, 6.45) is 0.155. The molecule has 0 saturated heterocycles. The Kier molecular flexibility index (Phi) is 6.86. The van der Waals surface area contributed by atoms with Gasteiger partial charge in [-0.15, -0.1) is 0 Å². The summed E-state index contributed by atoms with van der Waals surface area (Å²) in [5.74, 6) is 0. The Morgan fingerprint density at radius 3 is 2.59 bits per heavy atom. The summed E-state index contributed by atoms with van der Waals surface area (Å²) in [6, 6.07) is 10.4. The molecule has 0 aliphatic rings. The van der Waals surface area contributed by atoms with E-state index in [1.807, 2.05) is 6.07 Å². The molecule has 0 heterocycles. The van der Waals surface area contributed by atoms with Gasteiger partial charge in [-0.25, -0.2) is 0 Å². The minimum absolute atomic E-state index is 0.155. The molecule has 1 atom stereocenters. The molecule has 1 rings (SSSR count). The summed E-state index contributed by atoms with van der Waals surface area (Å²) in [6.45, 7) is 6.15. The van der Waals surface area contributed by atoms with Crippen LogP contribution in [0.1, 0.15) is 18.6 Å². The van der Waals surface area contributed by atoms with Crippen LogP contribution in [-0.4, -0.2) is 45.2 Å². The molecule has 1 N–H and O–H groups in total. The normalized spacial score (nSPS) is 12.9. The highest BCUT2D eigenvalue weighted by Crippen LogP contribution is 2.16. The van der Waals surface area contributed by atoms with E-state index >= 15 is 0 Å². The van der Waals surface area contributed by atoms with Crippen molar-refractivity contribution in [3.63, 3.8) is 0 Å². The van der Waals surface area contributed by atoms with Gasteiger partial charge in [0.2, 0.25) is 0 Å². The highest BCUT2D eigenvalue weighted by molar-refractivity contribution is 5.17. The monoisotopic (exact) mass is 236 g/mol. The fraction of sp³-hybridized carbons (Fsp3) is 0.571. The second-order valence-electron chi connectivity index (χ2n) is 4.25. The minimum atomic E-state index is 0.155. The van der Waals surface area contributed by atoms with E-state index in [4.69, 9.17) is 4.74 Å². The van der Waals surface area contributed by atoms with E-state index < -0.39 is 0 Å². The lowest BCUT2D eigenvalue weighted by Crippen LogP contribution is -2.32. The first kappa shape index (κ1) is 14.2. The molecule has 96 valence electrons. The Morgan fingerprint density at radius 1 is 1.29 bits per heavy atom. The van der Waals surface area contributed by atoms with E-state index in [9.17, 15) is 0 Å². The number of likely N-dealkylation sites (N-methyl/N-ethyl adjacent to an activating group) is 2. The Bertz CT molecular complexity index is 290. The molecular formula is C14H24N2O. The van der Waals surface area contributed by atoms with Gasteiger partial charge in [0.05, 0.1) is 6.10 Å². The van der Waals surface area contributed by atoms with E-state index in [1.54, 1.807) is 7.11 Å². The molecule has 0 aromatic heterocycles. The van der Waals surface area contributed by atoms with Gasteiger partial charge in [-0.2, -0.15) is 0 Å². The Balaban J connectivity index is 2.41. The topological polar surface area (TPSA) is 24.5 Å². The van der Waals surface area contributed by atoms with Crippen molar-refractivity contribution >= 4 is 0 Å². The van der Waals surface area contributed by atoms with Crippen LogP contribution in [0.2, 0.25) is 0 Å². The molecule has 0 fully saturated rings. The average molecular weight is 236 g/mol. The van der Waals surface area contributed by atoms with Crippen molar-refractivity contribution in [3.05, 3.63) is 35.9 Å². The Hall–Kier alpha value is -0.900. The molecule has 3 heteroatoms. The molecule has 0 saturated carbocycles. The zero-order valence-corrected chi connectivity index (χ0v) is 11.1. The third kappa shape index (κ3) is 5.31. The molecule has 1 aromatic rings. The zero-order chi connectivity index (χ0) is 12.5. The van der Waals surface area contributed by atoms with Gasteiger partial charge in [0.15, 0.2) is 0 Å². The van der Waals surface area contributed by atoms with Gasteiger partial charge in [-0.1, -0.05) is 37.3 Å². The number of benzene rings is 1. The number of hydrogen-bond donors (Lipinski definition) is 1. The lowest BCUT2D eigenvalue weighted by atomic mass is 10.1. The van der Waals surface area contributed by atoms with Gasteiger partial charge >= 0.3 is 0 Å². The summed E-state index contributed by atoms with van der Waals surface area (Å²) in [5, 5.41) is 3.33. The summed E-state index contributed by atoms with van der Waals surface area (Å²) in [5.41, 5.74) is 1.24. The van der Waals surface area contributed by atoms with Crippen LogP contribution in [0, 0.1) is 0 Å². The van der Waals surface area contributed by atoms with Crippen LogP contribution in [0.25, 0.3) is 0 Å². The van der Waals surface area contributed by atoms with Crippen molar-refractivity contribution in [1.82, 2.24) is 10.2 Å². The maximum atomic E-state index is 5.55. The predicted octanol–water partition coefficient (Wildman–Crippen LogP) is 1.92. The number of hydrogen-bond acceptors (Lipinski definition) is 3. The average Bonchev–Trinajstić information content (AvgIpc) is 2.37. The van der Waals surface area contributed by atoms with Crippen molar-refractivity contribution in [2.45, 2.75) is 13.0 Å². The van der Waals surface area contributed by atoms with Gasteiger partial charge in [0.25, 0.3) is 0 Å². The van der Waals surface area contributed by atoms with Crippen molar-refractivity contribution in [1.29, 1.82) is 0 Å². The molecule has 0 spiro atoms. The lowest BCUT2D eigenvalue weighted by Gasteiger charge is -2.23. The maximum Gasteiger partial charge on any atom is 0.0947 e. The van der Waals surface area contributed by atoms with Crippen LogP contribution >= 0.6 is 0 Å². The molecule has 17 heavy (non-hydrogen) atoms. The molecule has 1 aromatic carbocycles. The molecule has 1 unspecified atom stereocenters. The minimum Gasteiger partial charge on any atom is -0.375 e. The van der Waals surface area contributed by atoms with Crippen LogP contribution in [0.3, 0.4) is 0 Å². The second-order valence-corrected chi connectivity index (χ2v) is 4.25. The van der Waals surface area contributed by atoms with E-state index in [1.165, 1.54) is 5.56 Å². The Morgan fingerprint density at radius 2 is 2.00 bits per heavy atom. The van der Waals surface area contributed by atoms with Gasteiger partial charge in [-0.05, 0) is 19.2 Å². The van der Waals surface area contributed by atoms with Crippen LogP contribution < -0.4 is 5.32 Å². The molecule has 0 radical (unpaired) electrons. The standard InChI is InChI=1S/C14H24N2O/c1-4-15-10-11-16(2)12-14(17-3)13-8-6-5-7-9-13/h5-9,14-15H,4,10-12H2,1-3H3. The summed E-state index contributed by atoms with van der Waals surface area (Å²) >= 11 is 0. The van der Waals surface area contributed by atoms with Crippen LogP contribution in [0.5, 0.6) is 0 Å². The van der Waals surface area contributed by atoms with Crippen molar-refractivity contribution in [3.8, 4) is 0 Å². The Labute approximate surface area is 105 Å². The van der Waals surface area contributed by atoms with Gasteiger partial charge < -0.3 is 15.0 Å². The number of nitrogens with one attached hydrogen (secondary N) is 1. The molecule has 3 nitrogen and oxygen atoms in total. The molecule has 0 amide bonds. The SMILES string of the molecule is CCNCCN(C)CC(OC)c1ccccc1. The number of nitrogens with zero attached hydrogens (tertiary/aromatic N) is 1. The van der Waals surface area contributed by atoms with E-state index in [0.29, 0.717) is 0 Å². The van der Waals surface area contributed by atoms with Crippen molar-refractivity contribution in [2.75, 3.05) is 40.3 Å². The number of methoxy groups -OCH3 is 1. The summed E-state index contributed by atoms with van der Waals surface area (Å²) in [7, 11) is 3.90. The van der Waals surface area contributed by atoms with E-state index in [2.05, 4.69) is 48.5 Å². The quantitative estimate of drug-likeness (QED) is 0.698. The molecule has 0 bridgehead atoms. The highest BCUT2D eigenvalue weighted by Gasteiger charge is 2.12. The molecule has 0 aliphatic heterocycles. The van der Waals surface area contributed by atoms with Gasteiger partial charge in [-0.3, -0.25) is 0 Å². The fourth-order valence-corrected chi connectivity index (χ4v) is 1.80. The van der Waals surface area contributed by atoms with Crippen LogP contribution in [-0.2, 0) is 4.74 Å². The smallest absolute Gasteiger partial charge is 0.0947 e. The zero-order valence-electron chi connectivity index (χ0n) is 11.1. The maximum absolute atomic E-state index is 5.55. The van der Waals surface area contributed by atoms with Gasteiger partial charge in [0.1, 0.15) is 0 Å². The molecular weight excluding hydrogens is 212 g/mol. The predicted molar refractivity (Wildman–Crippen MR) is 72.2 cm³/mol. The summed E-state index contributed by atoms with van der Waals surface area (Å²) in [4.78, 5) is 2.30. The van der Waals surface area contributed by atoms with E-state index in [-0.39, 0.29) is 6.10 Å². The second kappa shape index (κ2) is 8.23. The first-order valence-corrected chi connectivity index (χ1v) is 6.25. The summed E-state index contributed by atoms with van der Waals surface area (Å²) < 4.78 is 5.55. The fourth-order valence-electron chi connectivity index (χ4n) is 1.80. The third-order valence-corrected chi connectivity index (χ3v) is 2.85. The van der Waals surface area contributed by atoms with Crippen LogP contribution in [0.15, 0.2) is 30.3 Å². The molecule has 0 aliphatic carbocycles. The lowest BCUT2D eigenvalue weighted by molar-refractivity contribution is 0.0719. The largest absolute Gasteiger partial charge is 0.375 e. The number of ether oxygens (including phenoxy) is 1.